The zero-order chi connectivity index (χ0) is 55.0. The van der Waals surface area contributed by atoms with Gasteiger partial charge in [-0.1, -0.05) is 243 Å². The van der Waals surface area contributed by atoms with E-state index in [0.717, 1.165) is 33.2 Å². The average Bonchev–Trinajstić information content (AvgIpc) is 2.75. The number of rotatable bonds is 8. The van der Waals surface area contributed by atoms with E-state index in [9.17, 15) is 0 Å². The van der Waals surface area contributed by atoms with Crippen LogP contribution in [0.25, 0.3) is 77.2 Å². The fourth-order valence-electron chi connectivity index (χ4n) is 13.9. The third-order valence-corrected chi connectivity index (χ3v) is 21.7. The molecule has 0 fully saturated rings. The number of benzene rings is 12. The molecule has 2 heterocycles. The summed E-state index contributed by atoms with van der Waals surface area (Å²) in [6.45, 7) is 0. The SMILES string of the molecule is [2H]c1c([2H])c([2H])c(-c2cccc([Si](c3ccccc3)(c3ccccc3)c3cccc4c3C3c5ccccc5C4c4cccc(-c5cccc(-n6c7ccccc7c7cc(-n8c9ccccc9c9ccccc98)ccc76)c5)c43)c2)c([2H])c1[2H]. The van der Waals surface area contributed by atoms with Crippen molar-refractivity contribution in [3.8, 4) is 33.6 Å². The Hall–Kier alpha value is -9.54. The summed E-state index contributed by atoms with van der Waals surface area (Å²) in [7, 11) is -3.40. The second kappa shape index (κ2) is 17.3. The molecule has 0 saturated carbocycles. The van der Waals surface area contributed by atoms with E-state index in [1.165, 1.54) is 87.1 Å². The Labute approximate surface area is 456 Å². The fraction of sp³-hybridized carbons (Fsp3) is 0.0270. The largest absolute Gasteiger partial charge is 0.309 e. The molecule has 12 aromatic carbocycles. The van der Waals surface area contributed by atoms with Crippen molar-refractivity contribution in [2.45, 2.75) is 11.8 Å². The zero-order valence-electron chi connectivity index (χ0n) is 46.9. The van der Waals surface area contributed by atoms with Crippen LogP contribution in [0, 0.1) is 0 Å². The van der Waals surface area contributed by atoms with Crippen molar-refractivity contribution in [3.05, 3.63) is 324 Å². The van der Waals surface area contributed by atoms with Gasteiger partial charge in [-0.2, -0.15) is 0 Å². The van der Waals surface area contributed by atoms with Crippen LogP contribution in [-0.2, 0) is 0 Å². The van der Waals surface area contributed by atoms with Gasteiger partial charge in [-0.25, -0.2) is 0 Å². The summed E-state index contributed by atoms with van der Waals surface area (Å²) in [5.41, 5.74) is 17.9. The third kappa shape index (κ3) is 6.42. The smallest absolute Gasteiger partial charge is 0.179 e. The summed E-state index contributed by atoms with van der Waals surface area (Å²) in [5.74, 6) is -0.177. The Bertz CT molecular complexity index is 4840. The maximum atomic E-state index is 9.14. The van der Waals surface area contributed by atoms with Gasteiger partial charge in [-0.05, 0) is 125 Å². The summed E-state index contributed by atoms with van der Waals surface area (Å²) >= 11 is 0. The van der Waals surface area contributed by atoms with Crippen molar-refractivity contribution in [1.29, 1.82) is 0 Å². The Morgan fingerprint density at radius 2 is 0.805 bits per heavy atom. The first-order valence-electron chi connectivity index (χ1n) is 29.1. The van der Waals surface area contributed by atoms with Crippen LogP contribution < -0.4 is 20.7 Å². The predicted molar refractivity (Wildman–Crippen MR) is 324 cm³/mol. The van der Waals surface area contributed by atoms with Crippen LogP contribution in [0.1, 0.15) is 52.1 Å². The standard InChI is InChI=1S/C74H50N2Si/c1-4-22-49(23-5-1)50-24-19-31-56(47-50)77(54-27-6-2-7-28-54,55-29-8-3-9-30-55)70-43-21-39-64-71-61-35-10-11-36-62(61)74(73(64)70)72-57(37-20-38-63(71)72)51-25-18-26-52(46-51)75-68-42-17-14-34-60(68)65-48-53(44-45-69(65)75)76-66-40-15-12-32-58(66)59-33-13-16-41-67(59)76/h1-48,71,74H/i1D,4D,5D,22D,23D. The molecular formula is C74H50N2Si. The van der Waals surface area contributed by atoms with Crippen molar-refractivity contribution in [3.63, 3.8) is 0 Å². The van der Waals surface area contributed by atoms with Gasteiger partial charge in [0.25, 0.3) is 0 Å². The normalized spacial score (nSPS) is 15.4. The van der Waals surface area contributed by atoms with E-state index in [2.05, 4.69) is 258 Å². The quantitative estimate of drug-likeness (QED) is 0.106. The monoisotopic (exact) mass is 999 g/mol. The van der Waals surface area contributed by atoms with Crippen molar-refractivity contribution in [1.82, 2.24) is 9.13 Å². The van der Waals surface area contributed by atoms with Gasteiger partial charge < -0.3 is 9.13 Å². The highest BCUT2D eigenvalue weighted by atomic mass is 28.3. The number of nitrogens with zero attached hydrogens (tertiary/aromatic N) is 2. The Kier molecular flexibility index (Phi) is 8.73. The molecule has 0 saturated heterocycles. The van der Waals surface area contributed by atoms with Crippen molar-refractivity contribution in [2.24, 2.45) is 0 Å². The zero-order valence-corrected chi connectivity index (χ0v) is 42.9. The average molecular weight is 1000 g/mol. The maximum absolute atomic E-state index is 9.14. The van der Waals surface area contributed by atoms with Crippen LogP contribution in [0.4, 0.5) is 0 Å². The molecule has 17 rings (SSSR count). The van der Waals surface area contributed by atoms with Crippen LogP contribution in [0.5, 0.6) is 0 Å². The lowest BCUT2D eigenvalue weighted by atomic mass is 9.60. The molecule has 3 aliphatic rings. The molecule has 2 bridgehead atoms. The third-order valence-electron chi connectivity index (χ3n) is 16.9. The van der Waals surface area contributed by atoms with Crippen molar-refractivity contribution >= 4 is 72.4 Å². The van der Waals surface area contributed by atoms with Gasteiger partial charge >= 0.3 is 0 Å². The molecule has 0 radical (unpaired) electrons. The Morgan fingerprint density at radius 1 is 0.312 bits per heavy atom. The molecule has 14 aromatic rings. The fourth-order valence-corrected chi connectivity index (χ4v) is 19.0. The van der Waals surface area contributed by atoms with E-state index in [-0.39, 0.29) is 41.6 Å². The molecule has 3 heteroatoms. The molecule has 2 aromatic heterocycles. The summed E-state index contributed by atoms with van der Waals surface area (Å²) in [5, 5.41) is 9.59. The first-order chi connectivity index (χ1) is 40.3. The molecule has 0 N–H and O–H groups in total. The summed E-state index contributed by atoms with van der Waals surface area (Å²) in [6, 6.07) is 93.8. The highest BCUT2D eigenvalue weighted by molar-refractivity contribution is 7.20. The minimum absolute atomic E-state index is 0.0361. The highest BCUT2D eigenvalue weighted by Gasteiger charge is 2.50. The molecule has 2 unspecified atom stereocenters. The second-order valence-corrected chi connectivity index (χ2v) is 24.4. The molecular weight excluding hydrogens is 945 g/mol. The van der Waals surface area contributed by atoms with Crippen LogP contribution in [0.15, 0.2) is 291 Å². The topological polar surface area (TPSA) is 9.86 Å². The predicted octanol–water partition coefficient (Wildman–Crippen LogP) is 15.6. The summed E-state index contributed by atoms with van der Waals surface area (Å²) < 4.78 is 49.0. The molecule has 0 spiro atoms. The number of fused-ring (bicyclic) bond motifs is 6. The molecule has 2 nitrogen and oxygen atoms in total. The summed E-state index contributed by atoms with van der Waals surface area (Å²) in [6.07, 6.45) is 0. The van der Waals surface area contributed by atoms with E-state index in [1.807, 2.05) is 12.1 Å². The number of para-hydroxylation sites is 3. The maximum Gasteiger partial charge on any atom is 0.179 e. The first-order valence-corrected chi connectivity index (χ1v) is 28.6. The number of aromatic nitrogens is 2. The van der Waals surface area contributed by atoms with E-state index >= 15 is 0 Å². The van der Waals surface area contributed by atoms with Crippen LogP contribution >= 0.6 is 0 Å². The molecule has 3 aliphatic carbocycles. The highest BCUT2D eigenvalue weighted by Crippen LogP contribution is 2.57. The molecule has 77 heavy (non-hydrogen) atoms. The van der Waals surface area contributed by atoms with Crippen LogP contribution in [0.2, 0.25) is 0 Å². The lowest BCUT2D eigenvalue weighted by molar-refractivity contribution is 0.760. The van der Waals surface area contributed by atoms with Gasteiger partial charge in [0.1, 0.15) is 0 Å². The minimum Gasteiger partial charge on any atom is -0.309 e. The van der Waals surface area contributed by atoms with Crippen molar-refractivity contribution in [2.75, 3.05) is 0 Å². The Morgan fingerprint density at radius 3 is 1.48 bits per heavy atom. The van der Waals surface area contributed by atoms with E-state index in [1.54, 1.807) is 0 Å². The molecule has 0 amide bonds. The van der Waals surface area contributed by atoms with Gasteiger partial charge in [0, 0.05) is 44.8 Å². The molecule has 2 atom stereocenters. The van der Waals surface area contributed by atoms with Gasteiger partial charge in [0.15, 0.2) is 8.07 Å². The minimum atomic E-state index is -3.40. The summed E-state index contributed by atoms with van der Waals surface area (Å²) in [4.78, 5) is 0. The van der Waals surface area contributed by atoms with Gasteiger partial charge in [-0.3, -0.25) is 0 Å². The molecule has 0 aliphatic heterocycles. The second-order valence-electron chi connectivity index (χ2n) is 20.6. The van der Waals surface area contributed by atoms with Crippen molar-refractivity contribution < 1.29 is 6.85 Å². The van der Waals surface area contributed by atoms with Gasteiger partial charge in [-0.15, -0.1) is 0 Å². The lowest BCUT2D eigenvalue weighted by Crippen LogP contribution is -2.75. The molecule has 360 valence electrons. The van der Waals surface area contributed by atoms with Crippen LogP contribution in [0.3, 0.4) is 0 Å². The first kappa shape index (κ1) is 39.0. The van der Waals surface area contributed by atoms with Crippen LogP contribution in [-0.4, -0.2) is 17.2 Å². The van der Waals surface area contributed by atoms with Gasteiger partial charge in [0.2, 0.25) is 0 Å². The number of hydrogen-bond acceptors (Lipinski definition) is 0. The van der Waals surface area contributed by atoms with Gasteiger partial charge in [0.05, 0.1) is 28.9 Å². The lowest BCUT2D eigenvalue weighted by Gasteiger charge is -2.47. The van der Waals surface area contributed by atoms with E-state index in [0.29, 0.717) is 5.56 Å². The van der Waals surface area contributed by atoms with E-state index < -0.39 is 14.1 Å². The Balaban J connectivity index is 0.910. The number of hydrogen-bond donors (Lipinski definition) is 0. The van der Waals surface area contributed by atoms with E-state index in [4.69, 9.17) is 6.85 Å².